The van der Waals surface area contributed by atoms with E-state index in [2.05, 4.69) is 26.8 Å². The Labute approximate surface area is 142 Å². The maximum atomic E-state index is 11.8. The summed E-state index contributed by atoms with van der Waals surface area (Å²) in [5.41, 5.74) is 3.99. The van der Waals surface area contributed by atoms with E-state index in [1.807, 2.05) is 26.0 Å². The second-order valence-corrected chi connectivity index (χ2v) is 6.34. The van der Waals surface area contributed by atoms with Crippen molar-refractivity contribution in [3.05, 3.63) is 35.3 Å². The van der Waals surface area contributed by atoms with Crippen LogP contribution in [0.4, 0.5) is 5.95 Å². The maximum absolute atomic E-state index is 11.8. The first-order valence-corrected chi connectivity index (χ1v) is 8.22. The Morgan fingerprint density at radius 2 is 1.79 bits per heavy atom. The zero-order valence-corrected chi connectivity index (χ0v) is 14.7. The number of rotatable bonds is 3. The van der Waals surface area contributed by atoms with Gasteiger partial charge in [0, 0.05) is 54.9 Å². The SMILES string of the molecule is CC(=O)c1cc(-c2ccnc(N3CCN(C)CC3)n2)c(C)nc1C. The molecule has 2 aromatic rings. The summed E-state index contributed by atoms with van der Waals surface area (Å²) in [5.74, 6) is 0.763. The van der Waals surface area contributed by atoms with Crippen LogP contribution in [-0.2, 0) is 0 Å². The highest BCUT2D eigenvalue weighted by Crippen LogP contribution is 2.24. The number of hydrogen-bond donors (Lipinski definition) is 0. The van der Waals surface area contributed by atoms with Crippen molar-refractivity contribution in [2.24, 2.45) is 0 Å². The minimum atomic E-state index is 0.0228. The quantitative estimate of drug-likeness (QED) is 0.806. The molecule has 24 heavy (non-hydrogen) atoms. The van der Waals surface area contributed by atoms with Crippen molar-refractivity contribution in [1.29, 1.82) is 0 Å². The van der Waals surface area contributed by atoms with Gasteiger partial charge in [0.2, 0.25) is 5.95 Å². The molecular weight excluding hydrogens is 302 g/mol. The lowest BCUT2D eigenvalue weighted by Crippen LogP contribution is -2.45. The Hall–Kier alpha value is -2.34. The van der Waals surface area contributed by atoms with Gasteiger partial charge in [-0.3, -0.25) is 9.78 Å². The summed E-state index contributed by atoms with van der Waals surface area (Å²) in [6.45, 7) is 9.24. The molecule has 0 aliphatic carbocycles. The smallest absolute Gasteiger partial charge is 0.225 e. The number of carbonyl (C=O) groups excluding carboxylic acids is 1. The van der Waals surface area contributed by atoms with Crippen molar-refractivity contribution in [3.63, 3.8) is 0 Å². The number of hydrogen-bond acceptors (Lipinski definition) is 6. The van der Waals surface area contributed by atoms with Crippen molar-refractivity contribution in [3.8, 4) is 11.3 Å². The zero-order valence-electron chi connectivity index (χ0n) is 14.7. The van der Waals surface area contributed by atoms with Crippen molar-refractivity contribution in [1.82, 2.24) is 19.9 Å². The van der Waals surface area contributed by atoms with E-state index in [1.54, 1.807) is 13.1 Å². The number of aryl methyl sites for hydroxylation is 2. The summed E-state index contributed by atoms with van der Waals surface area (Å²) in [5, 5.41) is 0. The van der Waals surface area contributed by atoms with E-state index >= 15 is 0 Å². The molecule has 0 spiro atoms. The number of piperazine rings is 1. The molecule has 0 N–H and O–H groups in total. The number of Topliss-reactive ketones (excluding diaryl/α,β-unsaturated/α-hetero) is 1. The first-order chi connectivity index (χ1) is 11.5. The second kappa shape index (κ2) is 6.65. The molecule has 6 nitrogen and oxygen atoms in total. The lowest BCUT2D eigenvalue weighted by molar-refractivity contribution is 0.101. The van der Waals surface area contributed by atoms with Crippen LogP contribution in [0.3, 0.4) is 0 Å². The van der Waals surface area contributed by atoms with Gasteiger partial charge in [-0.15, -0.1) is 0 Å². The first kappa shape index (κ1) is 16.5. The topological polar surface area (TPSA) is 62.2 Å². The monoisotopic (exact) mass is 325 g/mol. The van der Waals surface area contributed by atoms with Crippen LogP contribution in [0.5, 0.6) is 0 Å². The number of carbonyl (C=O) groups is 1. The highest BCUT2D eigenvalue weighted by molar-refractivity contribution is 5.96. The van der Waals surface area contributed by atoms with Gasteiger partial charge >= 0.3 is 0 Å². The molecule has 3 heterocycles. The minimum absolute atomic E-state index is 0.0228. The van der Waals surface area contributed by atoms with E-state index < -0.39 is 0 Å². The standard InChI is InChI=1S/C18H23N5O/c1-12-15(14(3)24)11-16(13(2)20-12)17-5-6-19-18(21-17)23-9-7-22(4)8-10-23/h5-6,11H,7-10H2,1-4H3. The number of likely N-dealkylation sites (N-methyl/N-ethyl adjacent to an activating group) is 1. The Balaban J connectivity index is 1.97. The molecule has 1 fully saturated rings. The van der Waals surface area contributed by atoms with Crippen molar-refractivity contribution >= 4 is 11.7 Å². The van der Waals surface area contributed by atoms with Gasteiger partial charge in [-0.05, 0) is 40.0 Å². The fraction of sp³-hybridized carbons (Fsp3) is 0.444. The van der Waals surface area contributed by atoms with Gasteiger partial charge in [-0.1, -0.05) is 0 Å². The Kier molecular flexibility index (Phi) is 4.57. The van der Waals surface area contributed by atoms with Crippen LogP contribution in [0.25, 0.3) is 11.3 Å². The molecule has 1 aliphatic heterocycles. The van der Waals surface area contributed by atoms with Gasteiger partial charge in [0.05, 0.1) is 5.69 Å². The van der Waals surface area contributed by atoms with Crippen LogP contribution in [0.15, 0.2) is 18.3 Å². The molecule has 0 radical (unpaired) electrons. The van der Waals surface area contributed by atoms with Crippen LogP contribution in [-0.4, -0.2) is 58.9 Å². The van der Waals surface area contributed by atoms with Gasteiger partial charge in [-0.2, -0.15) is 0 Å². The van der Waals surface area contributed by atoms with Crippen LogP contribution in [0.1, 0.15) is 28.7 Å². The predicted octanol–water partition coefficient (Wildman–Crippen LogP) is 2.11. The van der Waals surface area contributed by atoms with Crippen LogP contribution in [0, 0.1) is 13.8 Å². The highest BCUT2D eigenvalue weighted by Gasteiger charge is 2.18. The molecule has 0 aromatic carbocycles. The molecule has 0 atom stereocenters. The van der Waals surface area contributed by atoms with Crippen molar-refractivity contribution < 1.29 is 4.79 Å². The van der Waals surface area contributed by atoms with Crippen molar-refractivity contribution in [2.45, 2.75) is 20.8 Å². The number of anilines is 1. The van der Waals surface area contributed by atoms with Crippen LogP contribution < -0.4 is 4.90 Å². The minimum Gasteiger partial charge on any atom is -0.338 e. The lowest BCUT2D eigenvalue weighted by Gasteiger charge is -2.32. The van der Waals surface area contributed by atoms with E-state index in [9.17, 15) is 4.79 Å². The van der Waals surface area contributed by atoms with E-state index in [-0.39, 0.29) is 5.78 Å². The molecular formula is C18H23N5O. The number of ketones is 1. The van der Waals surface area contributed by atoms with Gasteiger partial charge < -0.3 is 9.80 Å². The average Bonchev–Trinajstić information content (AvgIpc) is 2.55. The van der Waals surface area contributed by atoms with Crippen molar-refractivity contribution in [2.75, 3.05) is 38.1 Å². The van der Waals surface area contributed by atoms with E-state index in [0.717, 1.165) is 54.8 Å². The molecule has 3 rings (SSSR count). The Morgan fingerprint density at radius 1 is 1.08 bits per heavy atom. The normalized spacial score (nSPS) is 15.6. The zero-order chi connectivity index (χ0) is 17.3. The summed E-state index contributed by atoms with van der Waals surface area (Å²) in [6.07, 6.45) is 1.78. The summed E-state index contributed by atoms with van der Waals surface area (Å²) >= 11 is 0. The first-order valence-electron chi connectivity index (χ1n) is 8.22. The second-order valence-electron chi connectivity index (χ2n) is 6.34. The molecule has 0 amide bonds. The molecule has 126 valence electrons. The summed E-state index contributed by atoms with van der Waals surface area (Å²) in [7, 11) is 2.12. The molecule has 2 aromatic heterocycles. The molecule has 1 saturated heterocycles. The Bertz CT molecular complexity index is 766. The van der Waals surface area contributed by atoms with E-state index in [1.165, 1.54) is 0 Å². The third-order valence-electron chi connectivity index (χ3n) is 4.49. The molecule has 0 unspecified atom stereocenters. The van der Waals surface area contributed by atoms with E-state index in [4.69, 9.17) is 4.98 Å². The largest absolute Gasteiger partial charge is 0.338 e. The lowest BCUT2D eigenvalue weighted by atomic mass is 10.0. The average molecular weight is 325 g/mol. The van der Waals surface area contributed by atoms with Gasteiger partial charge in [-0.25, -0.2) is 9.97 Å². The predicted molar refractivity (Wildman–Crippen MR) is 94.5 cm³/mol. The number of aromatic nitrogens is 3. The van der Waals surface area contributed by atoms with Crippen LogP contribution in [0.2, 0.25) is 0 Å². The number of nitrogens with zero attached hydrogens (tertiary/aromatic N) is 5. The number of pyridine rings is 1. The summed E-state index contributed by atoms with van der Waals surface area (Å²) in [4.78, 5) is 30.0. The van der Waals surface area contributed by atoms with Crippen LogP contribution >= 0.6 is 0 Å². The summed E-state index contributed by atoms with van der Waals surface area (Å²) in [6, 6.07) is 3.78. The van der Waals surface area contributed by atoms with Gasteiger partial charge in [0.25, 0.3) is 0 Å². The fourth-order valence-electron chi connectivity index (χ4n) is 3.00. The van der Waals surface area contributed by atoms with Gasteiger partial charge in [0.1, 0.15) is 0 Å². The summed E-state index contributed by atoms with van der Waals surface area (Å²) < 4.78 is 0. The van der Waals surface area contributed by atoms with E-state index in [0.29, 0.717) is 5.56 Å². The molecule has 1 aliphatic rings. The molecule has 6 heteroatoms. The van der Waals surface area contributed by atoms with Gasteiger partial charge in [0.15, 0.2) is 5.78 Å². The third kappa shape index (κ3) is 3.28. The molecule has 0 saturated carbocycles. The maximum Gasteiger partial charge on any atom is 0.225 e. The third-order valence-corrected chi connectivity index (χ3v) is 4.49. The molecule has 0 bridgehead atoms. The Morgan fingerprint density at radius 3 is 2.46 bits per heavy atom. The fourth-order valence-corrected chi connectivity index (χ4v) is 3.00. The highest BCUT2D eigenvalue weighted by atomic mass is 16.1.